The standard InChI is InChI=1S/C15H24N4O3/c1-12-2-4-19(16-12)5-3-15(21)18-10-13(14(20)11-18)17-6-8-22-9-7-17/h2,4,13-14,20H,3,5-11H2,1H3/t13-,14-/m0/s1. The van der Waals surface area contributed by atoms with Crippen molar-refractivity contribution in [2.75, 3.05) is 39.4 Å². The van der Waals surface area contributed by atoms with E-state index in [-0.39, 0.29) is 11.9 Å². The Balaban J connectivity index is 1.51. The summed E-state index contributed by atoms with van der Waals surface area (Å²) in [5.41, 5.74) is 0.955. The number of rotatable bonds is 4. The molecule has 0 bridgehead atoms. The van der Waals surface area contributed by atoms with Crippen molar-refractivity contribution in [1.82, 2.24) is 19.6 Å². The average Bonchev–Trinajstić information content (AvgIpc) is 3.12. The van der Waals surface area contributed by atoms with E-state index in [0.717, 1.165) is 18.8 Å². The molecule has 0 unspecified atom stereocenters. The fourth-order valence-electron chi connectivity index (χ4n) is 3.20. The number of carbonyl (C=O) groups is 1. The molecule has 1 aromatic heterocycles. The maximum atomic E-state index is 12.3. The highest BCUT2D eigenvalue weighted by Crippen LogP contribution is 2.18. The van der Waals surface area contributed by atoms with Gasteiger partial charge >= 0.3 is 0 Å². The third-order valence-corrected chi connectivity index (χ3v) is 4.46. The Morgan fingerprint density at radius 1 is 1.41 bits per heavy atom. The van der Waals surface area contributed by atoms with Crippen LogP contribution in [0.2, 0.25) is 0 Å². The molecule has 2 aliphatic heterocycles. The van der Waals surface area contributed by atoms with Crippen molar-refractivity contribution in [2.24, 2.45) is 0 Å². The van der Waals surface area contributed by atoms with E-state index in [1.807, 2.05) is 19.2 Å². The first-order valence-electron chi connectivity index (χ1n) is 7.91. The molecule has 22 heavy (non-hydrogen) atoms. The van der Waals surface area contributed by atoms with Crippen LogP contribution in [-0.2, 0) is 16.1 Å². The highest BCUT2D eigenvalue weighted by atomic mass is 16.5. The molecule has 2 atom stereocenters. The second-order valence-corrected chi connectivity index (χ2v) is 6.05. The van der Waals surface area contributed by atoms with E-state index in [0.29, 0.717) is 39.3 Å². The third-order valence-electron chi connectivity index (χ3n) is 4.46. The van der Waals surface area contributed by atoms with Crippen molar-refractivity contribution in [1.29, 1.82) is 0 Å². The zero-order valence-electron chi connectivity index (χ0n) is 13.0. The SMILES string of the molecule is Cc1ccn(CCC(=O)N2C[C@H](O)[C@@H](N3CCOCC3)C2)n1. The Morgan fingerprint density at radius 2 is 2.18 bits per heavy atom. The molecule has 2 fully saturated rings. The lowest BCUT2D eigenvalue weighted by Crippen LogP contribution is -2.49. The molecule has 2 aliphatic rings. The van der Waals surface area contributed by atoms with Gasteiger partial charge in [0.2, 0.25) is 5.91 Å². The number of aliphatic hydroxyl groups excluding tert-OH is 1. The molecule has 0 aliphatic carbocycles. The summed E-state index contributed by atoms with van der Waals surface area (Å²) in [6, 6.07) is 1.97. The van der Waals surface area contributed by atoms with E-state index in [4.69, 9.17) is 4.74 Å². The molecule has 0 spiro atoms. The molecule has 1 aromatic rings. The van der Waals surface area contributed by atoms with Crippen LogP contribution in [0.4, 0.5) is 0 Å². The molecule has 3 rings (SSSR count). The maximum Gasteiger partial charge on any atom is 0.224 e. The van der Waals surface area contributed by atoms with E-state index >= 15 is 0 Å². The Kier molecular flexibility index (Phi) is 4.75. The van der Waals surface area contributed by atoms with Gasteiger partial charge in [0, 0.05) is 45.3 Å². The van der Waals surface area contributed by atoms with Gasteiger partial charge < -0.3 is 14.7 Å². The van der Waals surface area contributed by atoms with Crippen molar-refractivity contribution in [3.8, 4) is 0 Å². The van der Waals surface area contributed by atoms with Gasteiger partial charge in [-0.2, -0.15) is 5.10 Å². The molecule has 0 saturated carbocycles. The molecule has 1 amide bonds. The molecule has 0 aromatic carbocycles. The predicted octanol–water partition coefficient (Wildman–Crippen LogP) is -0.514. The summed E-state index contributed by atoms with van der Waals surface area (Å²) in [5.74, 6) is 0.0861. The average molecular weight is 308 g/mol. The van der Waals surface area contributed by atoms with Crippen LogP contribution >= 0.6 is 0 Å². The molecule has 1 N–H and O–H groups in total. The fourth-order valence-corrected chi connectivity index (χ4v) is 3.20. The second-order valence-electron chi connectivity index (χ2n) is 6.05. The highest BCUT2D eigenvalue weighted by Gasteiger charge is 2.37. The van der Waals surface area contributed by atoms with Crippen molar-refractivity contribution in [2.45, 2.75) is 32.0 Å². The van der Waals surface area contributed by atoms with E-state index in [1.165, 1.54) is 0 Å². The van der Waals surface area contributed by atoms with E-state index < -0.39 is 6.10 Å². The van der Waals surface area contributed by atoms with Crippen LogP contribution in [0.25, 0.3) is 0 Å². The summed E-state index contributed by atoms with van der Waals surface area (Å²) >= 11 is 0. The first kappa shape index (κ1) is 15.5. The summed E-state index contributed by atoms with van der Waals surface area (Å²) < 4.78 is 7.14. The number of hydrogen-bond acceptors (Lipinski definition) is 5. The Labute approximate surface area is 130 Å². The summed E-state index contributed by atoms with van der Waals surface area (Å²) in [6.07, 6.45) is 1.84. The minimum absolute atomic E-state index is 0.0415. The molecule has 3 heterocycles. The third kappa shape index (κ3) is 3.48. The number of aromatic nitrogens is 2. The van der Waals surface area contributed by atoms with Crippen molar-refractivity contribution in [3.63, 3.8) is 0 Å². The summed E-state index contributed by atoms with van der Waals surface area (Å²) in [5, 5.41) is 14.5. The van der Waals surface area contributed by atoms with Crippen LogP contribution in [0.3, 0.4) is 0 Å². The molecular formula is C15H24N4O3. The number of hydrogen-bond donors (Lipinski definition) is 1. The van der Waals surface area contributed by atoms with Gasteiger partial charge in [0.05, 0.1) is 31.1 Å². The number of likely N-dealkylation sites (tertiary alicyclic amines) is 1. The lowest BCUT2D eigenvalue weighted by Gasteiger charge is -2.33. The molecule has 7 heteroatoms. The molecular weight excluding hydrogens is 284 g/mol. The lowest BCUT2D eigenvalue weighted by atomic mass is 10.1. The van der Waals surface area contributed by atoms with E-state index in [1.54, 1.807) is 9.58 Å². The van der Waals surface area contributed by atoms with Crippen LogP contribution in [-0.4, -0.2) is 82.1 Å². The summed E-state index contributed by atoms with van der Waals surface area (Å²) in [7, 11) is 0. The van der Waals surface area contributed by atoms with Crippen LogP contribution in [0.1, 0.15) is 12.1 Å². The van der Waals surface area contributed by atoms with Gasteiger partial charge in [-0.1, -0.05) is 0 Å². The first-order chi connectivity index (χ1) is 10.6. The number of aliphatic hydroxyl groups is 1. The van der Waals surface area contributed by atoms with Gasteiger partial charge in [-0.3, -0.25) is 14.4 Å². The Bertz CT molecular complexity index is 513. The second kappa shape index (κ2) is 6.76. The zero-order chi connectivity index (χ0) is 15.5. The topological polar surface area (TPSA) is 70.8 Å². The number of carbonyl (C=O) groups excluding carboxylic acids is 1. The Morgan fingerprint density at radius 3 is 2.86 bits per heavy atom. The largest absolute Gasteiger partial charge is 0.390 e. The number of nitrogens with zero attached hydrogens (tertiary/aromatic N) is 4. The smallest absolute Gasteiger partial charge is 0.224 e. The van der Waals surface area contributed by atoms with Gasteiger partial charge in [0.1, 0.15) is 0 Å². The molecule has 122 valence electrons. The normalized spacial score (nSPS) is 26.5. The van der Waals surface area contributed by atoms with Crippen LogP contribution in [0, 0.1) is 6.92 Å². The highest BCUT2D eigenvalue weighted by molar-refractivity contribution is 5.76. The minimum Gasteiger partial charge on any atom is -0.390 e. The number of ether oxygens (including phenoxy) is 1. The molecule has 7 nitrogen and oxygen atoms in total. The van der Waals surface area contributed by atoms with Gasteiger partial charge in [-0.25, -0.2) is 0 Å². The first-order valence-corrected chi connectivity index (χ1v) is 7.91. The van der Waals surface area contributed by atoms with Gasteiger partial charge in [-0.05, 0) is 13.0 Å². The number of aryl methyl sites for hydroxylation is 2. The maximum absolute atomic E-state index is 12.3. The summed E-state index contributed by atoms with van der Waals surface area (Å²) in [4.78, 5) is 16.3. The number of β-amino-alcohol motifs (C(OH)–C–C–N with tert-alkyl or cyclic N) is 1. The van der Waals surface area contributed by atoms with Crippen molar-refractivity contribution < 1.29 is 14.6 Å². The number of morpholine rings is 1. The predicted molar refractivity (Wildman–Crippen MR) is 80.3 cm³/mol. The van der Waals surface area contributed by atoms with E-state index in [9.17, 15) is 9.90 Å². The monoisotopic (exact) mass is 308 g/mol. The quantitative estimate of drug-likeness (QED) is 0.811. The van der Waals surface area contributed by atoms with Crippen LogP contribution < -0.4 is 0 Å². The zero-order valence-corrected chi connectivity index (χ0v) is 13.0. The molecule has 2 saturated heterocycles. The fraction of sp³-hybridized carbons (Fsp3) is 0.733. The minimum atomic E-state index is -0.464. The van der Waals surface area contributed by atoms with Gasteiger partial charge in [-0.15, -0.1) is 0 Å². The lowest BCUT2D eigenvalue weighted by molar-refractivity contribution is -0.130. The summed E-state index contributed by atoms with van der Waals surface area (Å²) in [6.45, 7) is 6.62. The van der Waals surface area contributed by atoms with Crippen molar-refractivity contribution in [3.05, 3.63) is 18.0 Å². The van der Waals surface area contributed by atoms with E-state index in [2.05, 4.69) is 10.00 Å². The Hall–Kier alpha value is -1.44. The van der Waals surface area contributed by atoms with Gasteiger partial charge in [0.15, 0.2) is 0 Å². The van der Waals surface area contributed by atoms with Crippen LogP contribution in [0.5, 0.6) is 0 Å². The van der Waals surface area contributed by atoms with Crippen molar-refractivity contribution >= 4 is 5.91 Å². The van der Waals surface area contributed by atoms with Gasteiger partial charge in [0.25, 0.3) is 0 Å². The van der Waals surface area contributed by atoms with Crippen LogP contribution in [0.15, 0.2) is 12.3 Å². The molecule has 0 radical (unpaired) electrons. The number of amides is 1.